The molecule has 0 amide bonds. The molecule has 0 saturated carbocycles. The lowest BCUT2D eigenvalue weighted by Crippen LogP contribution is -2.13. The maximum absolute atomic E-state index is 10.9. The van der Waals surface area contributed by atoms with Crippen LogP contribution in [0.15, 0.2) is 4.52 Å². The SMILES string of the molecule is COC(=O)c1nc(C(C)(C)C)no1. The van der Waals surface area contributed by atoms with Gasteiger partial charge >= 0.3 is 11.9 Å². The normalized spacial score (nSPS) is 11.4. The van der Waals surface area contributed by atoms with E-state index < -0.39 is 5.97 Å². The molecule has 0 N–H and O–H groups in total. The van der Waals surface area contributed by atoms with Crippen molar-refractivity contribution in [3.05, 3.63) is 11.7 Å². The lowest BCUT2D eigenvalue weighted by molar-refractivity contribution is 0.0545. The zero-order valence-corrected chi connectivity index (χ0v) is 8.12. The molecule has 0 spiro atoms. The molecule has 0 radical (unpaired) electrons. The van der Waals surface area contributed by atoms with Crippen LogP contribution in [0.5, 0.6) is 0 Å². The van der Waals surface area contributed by atoms with Crippen molar-refractivity contribution < 1.29 is 14.1 Å². The highest BCUT2D eigenvalue weighted by molar-refractivity contribution is 5.83. The number of esters is 1. The van der Waals surface area contributed by atoms with Gasteiger partial charge in [0.1, 0.15) is 0 Å². The Morgan fingerprint density at radius 3 is 2.46 bits per heavy atom. The van der Waals surface area contributed by atoms with E-state index >= 15 is 0 Å². The van der Waals surface area contributed by atoms with Gasteiger partial charge in [0.05, 0.1) is 7.11 Å². The molecule has 13 heavy (non-hydrogen) atoms. The molecule has 5 nitrogen and oxygen atoms in total. The van der Waals surface area contributed by atoms with Crippen LogP contribution in [0.3, 0.4) is 0 Å². The maximum atomic E-state index is 10.9. The molecule has 0 aliphatic heterocycles. The lowest BCUT2D eigenvalue weighted by Gasteiger charge is -2.10. The highest BCUT2D eigenvalue weighted by Crippen LogP contribution is 2.18. The lowest BCUT2D eigenvalue weighted by atomic mass is 9.96. The molecule has 1 rings (SSSR count). The number of rotatable bonds is 1. The summed E-state index contributed by atoms with van der Waals surface area (Å²) in [6.45, 7) is 5.79. The summed E-state index contributed by atoms with van der Waals surface area (Å²) in [6.07, 6.45) is 0. The third-order valence-corrected chi connectivity index (χ3v) is 1.46. The Balaban J connectivity index is 2.93. The number of ether oxygens (including phenoxy) is 1. The van der Waals surface area contributed by atoms with Crippen molar-refractivity contribution in [2.45, 2.75) is 26.2 Å². The number of methoxy groups -OCH3 is 1. The van der Waals surface area contributed by atoms with Gasteiger partial charge in [-0.1, -0.05) is 25.9 Å². The Bertz CT molecular complexity index is 311. The molecule has 0 bridgehead atoms. The van der Waals surface area contributed by atoms with Crippen LogP contribution in [-0.2, 0) is 10.2 Å². The quantitative estimate of drug-likeness (QED) is 0.612. The van der Waals surface area contributed by atoms with Crippen molar-refractivity contribution in [1.29, 1.82) is 0 Å². The molecule has 1 heterocycles. The van der Waals surface area contributed by atoms with Gasteiger partial charge < -0.3 is 9.26 Å². The van der Waals surface area contributed by atoms with E-state index in [9.17, 15) is 4.79 Å². The van der Waals surface area contributed by atoms with Gasteiger partial charge in [0.2, 0.25) is 0 Å². The fraction of sp³-hybridized carbons (Fsp3) is 0.625. The van der Waals surface area contributed by atoms with Crippen molar-refractivity contribution >= 4 is 5.97 Å². The summed E-state index contributed by atoms with van der Waals surface area (Å²) < 4.78 is 9.14. The highest BCUT2D eigenvalue weighted by atomic mass is 16.6. The summed E-state index contributed by atoms with van der Waals surface area (Å²) in [5.74, 6) is -0.219. The van der Waals surface area contributed by atoms with Crippen LogP contribution in [-0.4, -0.2) is 23.2 Å². The van der Waals surface area contributed by atoms with Crippen molar-refractivity contribution in [2.24, 2.45) is 0 Å². The summed E-state index contributed by atoms with van der Waals surface area (Å²) in [4.78, 5) is 14.8. The number of hydrogen-bond donors (Lipinski definition) is 0. The Labute approximate surface area is 76.1 Å². The zero-order valence-electron chi connectivity index (χ0n) is 8.12. The number of aromatic nitrogens is 2. The van der Waals surface area contributed by atoms with Crippen LogP contribution in [0.4, 0.5) is 0 Å². The van der Waals surface area contributed by atoms with E-state index in [0.717, 1.165) is 0 Å². The molecule has 0 unspecified atom stereocenters. The van der Waals surface area contributed by atoms with Gasteiger partial charge in [-0.3, -0.25) is 0 Å². The summed E-state index contributed by atoms with van der Waals surface area (Å²) in [6, 6.07) is 0. The van der Waals surface area contributed by atoms with Crippen LogP contribution in [0.2, 0.25) is 0 Å². The van der Waals surface area contributed by atoms with Gasteiger partial charge in [0.15, 0.2) is 5.82 Å². The van der Waals surface area contributed by atoms with Crippen LogP contribution in [0.25, 0.3) is 0 Å². The van der Waals surface area contributed by atoms with Crippen molar-refractivity contribution in [2.75, 3.05) is 7.11 Å². The molecule has 1 aromatic rings. The summed E-state index contributed by atoms with van der Waals surface area (Å²) in [5, 5.41) is 3.67. The number of carbonyl (C=O) groups is 1. The van der Waals surface area contributed by atoms with Gasteiger partial charge in [-0.15, -0.1) is 0 Å². The molecule has 1 aromatic heterocycles. The van der Waals surface area contributed by atoms with Gasteiger partial charge in [-0.2, -0.15) is 4.98 Å². The Morgan fingerprint density at radius 2 is 2.08 bits per heavy atom. The molecular weight excluding hydrogens is 172 g/mol. The first-order chi connectivity index (χ1) is 5.95. The number of carbonyl (C=O) groups excluding carboxylic acids is 1. The van der Waals surface area contributed by atoms with E-state index in [4.69, 9.17) is 4.52 Å². The molecule has 0 aromatic carbocycles. The van der Waals surface area contributed by atoms with Crippen LogP contribution >= 0.6 is 0 Å². The molecule has 5 heteroatoms. The monoisotopic (exact) mass is 184 g/mol. The molecule has 0 aliphatic carbocycles. The topological polar surface area (TPSA) is 65.2 Å². The Morgan fingerprint density at radius 1 is 1.46 bits per heavy atom. The Hall–Kier alpha value is -1.39. The van der Waals surface area contributed by atoms with Gasteiger partial charge in [-0.25, -0.2) is 4.79 Å². The summed E-state index contributed by atoms with van der Waals surface area (Å²) in [7, 11) is 1.27. The van der Waals surface area contributed by atoms with Gasteiger partial charge in [0, 0.05) is 5.41 Å². The molecule has 0 fully saturated rings. The second-order valence-corrected chi connectivity index (χ2v) is 3.66. The second-order valence-electron chi connectivity index (χ2n) is 3.66. The predicted octanol–water partition coefficient (Wildman–Crippen LogP) is 1.15. The first-order valence-corrected chi connectivity index (χ1v) is 3.87. The van der Waals surface area contributed by atoms with Crippen LogP contribution in [0, 0.1) is 0 Å². The minimum Gasteiger partial charge on any atom is -0.462 e. The highest BCUT2D eigenvalue weighted by Gasteiger charge is 2.23. The summed E-state index contributed by atoms with van der Waals surface area (Å²) >= 11 is 0. The third kappa shape index (κ3) is 2.05. The smallest absolute Gasteiger partial charge is 0.397 e. The molecule has 72 valence electrons. The average molecular weight is 184 g/mol. The maximum Gasteiger partial charge on any atom is 0.397 e. The molecular formula is C8H12N2O3. The third-order valence-electron chi connectivity index (χ3n) is 1.46. The average Bonchev–Trinajstić information content (AvgIpc) is 2.50. The molecule has 0 saturated heterocycles. The van der Waals surface area contributed by atoms with Gasteiger partial charge in [0.25, 0.3) is 0 Å². The first-order valence-electron chi connectivity index (χ1n) is 3.87. The first kappa shape index (κ1) is 9.70. The minimum atomic E-state index is -0.608. The minimum absolute atomic E-state index is 0.104. The van der Waals surface area contributed by atoms with E-state index in [1.807, 2.05) is 20.8 Å². The van der Waals surface area contributed by atoms with Gasteiger partial charge in [-0.05, 0) is 0 Å². The second kappa shape index (κ2) is 3.16. The van der Waals surface area contributed by atoms with E-state index in [2.05, 4.69) is 14.9 Å². The number of hydrogen-bond acceptors (Lipinski definition) is 5. The number of nitrogens with zero attached hydrogens (tertiary/aromatic N) is 2. The largest absolute Gasteiger partial charge is 0.462 e. The van der Waals surface area contributed by atoms with E-state index in [-0.39, 0.29) is 11.3 Å². The molecule has 0 aliphatic rings. The summed E-state index contributed by atoms with van der Waals surface area (Å²) in [5.41, 5.74) is -0.226. The Kier molecular flexibility index (Phi) is 2.36. The molecule has 0 atom stereocenters. The van der Waals surface area contributed by atoms with E-state index in [0.29, 0.717) is 5.82 Å². The van der Waals surface area contributed by atoms with Crippen molar-refractivity contribution in [1.82, 2.24) is 10.1 Å². The van der Waals surface area contributed by atoms with E-state index in [1.165, 1.54) is 7.11 Å². The van der Waals surface area contributed by atoms with Crippen LogP contribution in [0.1, 0.15) is 37.3 Å². The zero-order chi connectivity index (χ0) is 10.1. The standard InChI is InChI=1S/C8H12N2O3/c1-8(2,3)7-9-5(13-10-7)6(11)12-4/h1-4H3. The van der Waals surface area contributed by atoms with Crippen LogP contribution < -0.4 is 0 Å². The van der Waals surface area contributed by atoms with Crippen molar-refractivity contribution in [3.8, 4) is 0 Å². The fourth-order valence-corrected chi connectivity index (χ4v) is 0.698. The van der Waals surface area contributed by atoms with Crippen molar-refractivity contribution in [3.63, 3.8) is 0 Å². The predicted molar refractivity (Wildman–Crippen MR) is 44.3 cm³/mol. The van der Waals surface area contributed by atoms with E-state index in [1.54, 1.807) is 0 Å². The fourth-order valence-electron chi connectivity index (χ4n) is 0.698.